The van der Waals surface area contributed by atoms with Gasteiger partial charge in [-0.05, 0) is 31.0 Å². The van der Waals surface area contributed by atoms with Crippen molar-refractivity contribution in [3.8, 4) is 0 Å². The summed E-state index contributed by atoms with van der Waals surface area (Å²) in [5.74, 6) is -0.266. The Kier molecular flexibility index (Phi) is 4.22. The Morgan fingerprint density at radius 2 is 1.80 bits per heavy atom. The first kappa shape index (κ1) is 16.5. The summed E-state index contributed by atoms with van der Waals surface area (Å²) in [6, 6.07) is 4.55. The first-order valence-electron chi connectivity index (χ1n) is 8.34. The van der Waals surface area contributed by atoms with Crippen LogP contribution in [0.5, 0.6) is 0 Å². The minimum Gasteiger partial charge on any atom is -0.378 e. The van der Waals surface area contributed by atoms with E-state index in [0.717, 1.165) is 12.8 Å². The smallest absolute Gasteiger partial charge is 0.276 e. The highest BCUT2D eigenvalue weighted by Gasteiger charge is 2.29. The molecule has 1 aromatic heterocycles. The maximum atomic E-state index is 12.7. The lowest BCUT2D eigenvalue weighted by atomic mass is 10.2. The number of morpholine rings is 1. The Morgan fingerprint density at radius 3 is 2.52 bits per heavy atom. The molecule has 3 heterocycles. The number of rotatable bonds is 3. The highest BCUT2D eigenvalue weighted by molar-refractivity contribution is 7.89. The van der Waals surface area contributed by atoms with Gasteiger partial charge in [-0.3, -0.25) is 4.79 Å². The first-order chi connectivity index (χ1) is 12.1. The lowest BCUT2D eigenvalue weighted by Gasteiger charge is -2.25. The fourth-order valence-electron chi connectivity index (χ4n) is 3.23. The Hall–Kier alpha value is -1.97. The fourth-order valence-corrected chi connectivity index (χ4v) is 4.77. The molecule has 4 rings (SSSR count). The molecule has 2 saturated heterocycles. The van der Waals surface area contributed by atoms with E-state index < -0.39 is 10.0 Å². The van der Waals surface area contributed by atoms with Crippen LogP contribution >= 0.6 is 0 Å². The lowest BCUT2D eigenvalue weighted by Crippen LogP contribution is -2.40. The predicted molar refractivity (Wildman–Crippen MR) is 88.7 cm³/mol. The van der Waals surface area contributed by atoms with E-state index in [-0.39, 0.29) is 16.5 Å². The minimum absolute atomic E-state index is 0.148. The van der Waals surface area contributed by atoms with Crippen molar-refractivity contribution in [1.82, 2.24) is 14.4 Å². The van der Waals surface area contributed by atoms with Gasteiger partial charge in [-0.2, -0.15) is 4.31 Å². The van der Waals surface area contributed by atoms with Crippen molar-refractivity contribution in [3.05, 3.63) is 23.9 Å². The molecule has 134 valence electrons. The van der Waals surface area contributed by atoms with Gasteiger partial charge in [0.2, 0.25) is 10.0 Å². The van der Waals surface area contributed by atoms with Crippen LogP contribution in [-0.4, -0.2) is 68.1 Å². The van der Waals surface area contributed by atoms with Gasteiger partial charge in [0.05, 0.1) is 23.5 Å². The molecule has 0 spiro atoms. The van der Waals surface area contributed by atoms with Crippen LogP contribution in [0.4, 0.5) is 0 Å². The third-order valence-corrected chi connectivity index (χ3v) is 6.54. The van der Waals surface area contributed by atoms with Crippen molar-refractivity contribution >= 4 is 26.9 Å². The average Bonchev–Trinajstić information content (AvgIpc) is 3.31. The Bertz CT molecular complexity index is 896. The van der Waals surface area contributed by atoms with Crippen LogP contribution in [0.2, 0.25) is 0 Å². The molecule has 0 bridgehead atoms. The molecular weight excluding hydrogens is 346 g/mol. The van der Waals surface area contributed by atoms with Crippen LogP contribution in [0.1, 0.15) is 23.3 Å². The summed E-state index contributed by atoms with van der Waals surface area (Å²) in [5, 5.41) is 4.30. The van der Waals surface area contributed by atoms with Crippen molar-refractivity contribution in [3.63, 3.8) is 0 Å². The fraction of sp³-hybridized carbons (Fsp3) is 0.500. The number of sulfonamides is 1. The van der Waals surface area contributed by atoms with Crippen molar-refractivity contribution in [1.29, 1.82) is 0 Å². The number of carbonyl (C=O) groups excluding carboxylic acids is 1. The molecule has 0 N–H and O–H groups in total. The zero-order chi connectivity index (χ0) is 17.4. The van der Waals surface area contributed by atoms with Crippen molar-refractivity contribution in [2.45, 2.75) is 17.7 Å². The van der Waals surface area contributed by atoms with Crippen LogP contribution in [0, 0.1) is 0 Å². The summed E-state index contributed by atoms with van der Waals surface area (Å²) < 4.78 is 37.4. The summed E-state index contributed by atoms with van der Waals surface area (Å²) >= 11 is 0. The number of aromatic nitrogens is 1. The standard InChI is InChI=1S/C16H19N3O5S/c20-16(18-7-9-23-10-8-18)15-13-11-12(3-4-14(13)24-17-15)25(21,22)19-5-1-2-6-19/h3-4,11H,1-2,5-10H2. The molecular formula is C16H19N3O5S. The molecule has 0 atom stereocenters. The lowest BCUT2D eigenvalue weighted by molar-refractivity contribution is 0.0297. The van der Waals surface area contributed by atoms with Gasteiger partial charge in [0.1, 0.15) is 0 Å². The van der Waals surface area contributed by atoms with E-state index in [9.17, 15) is 13.2 Å². The number of benzene rings is 1. The quantitative estimate of drug-likeness (QED) is 0.808. The van der Waals surface area contributed by atoms with Crippen molar-refractivity contribution in [2.75, 3.05) is 39.4 Å². The molecule has 8 nitrogen and oxygen atoms in total. The third kappa shape index (κ3) is 2.92. The molecule has 0 unspecified atom stereocenters. The van der Waals surface area contributed by atoms with Gasteiger partial charge in [0, 0.05) is 26.2 Å². The zero-order valence-electron chi connectivity index (χ0n) is 13.7. The van der Waals surface area contributed by atoms with Gasteiger partial charge in [0.25, 0.3) is 5.91 Å². The molecule has 2 fully saturated rings. The number of ether oxygens (including phenoxy) is 1. The molecule has 0 saturated carbocycles. The van der Waals surface area contributed by atoms with E-state index in [1.54, 1.807) is 11.0 Å². The summed E-state index contributed by atoms with van der Waals surface area (Å²) in [6.45, 7) is 3.00. The van der Waals surface area contributed by atoms with E-state index in [0.29, 0.717) is 50.4 Å². The summed E-state index contributed by atoms with van der Waals surface area (Å²) in [5.41, 5.74) is 0.548. The maximum absolute atomic E-state index is 12.7. The topological polar surface area (TPSA) is 93.0 Å². The van der Waals surface area contributed by atoms with Crippen LogP contribution in [0.3, 0.4) is 0 Å². The number of hydrogen-bond acceptors (Lipinski definition) is 6. The average molecular weight is 365 g/mol. The molecule has 0 radical (unpaired) electrons. The van der Waals surface area contributed by atoms with E-state index in [2.05, 4.69) is 5.16 Å². The molecule has 1 amide bonds. The normalized spacial score (nSPS) is 19.6. The van der Waals surface area contributed by atoms with E-state index >= 15 is 0 Å². The van der Waals surface area contributed by atoms with Gasteiger partial charge in [-0.25, -0.2) is 8.42 Å². The third-order valence-electron chi connectivity index (χ3n) is 4.65. The molecule has 0 aliphatic carbocycles. The second-order valence-electron chi connectivity index (χ2n) is 6.20. The zero-order valence-corrected chi connectivity index (χ0v) is 14.5. The summed E-state index contributed by atoms with van der Waals surface area (Å²) in [6.07, 6.45) is 1.74. The van der Waals surface area contributed by atoms with Gasteiger partial charge < -0.3 is 14.2 Å². The Labute approximate surface area is 145 Å². The van der Waals surface area contributed by atoms with E-state index in [1.165, 1.54) is 16.4 Å². The molecule has 1 aromatic carbocycles. The van der Waals surface area contributed by atoms with Crippen LogP contribution in [0.25, 0.3) is 11.0 Å². The SMILES string of the molecule is O=C(c1noc2ccc(S(=O)(=O)N3CCCC3)cc12)N1CCOCC1. The predicted octanol–water partition coefficient (Wildman–Crippen LogP) is 1.08. The van der Waals surface area contributed by atoms with Gasteiger partial charge in [-0.15, -0.1) is 0 Å². The molecule has 25 heavy (non-hydrogen) atoms. The molecule has 2 aliphatic rings. The second-order valence-corrected chi connectivity index (χ2v) is 8.14. The van der Waals surface area contributed by atoms with E-state index in [1.807, 2.05) is 0 Å². The van der Waals surface area contributed by atoms with Gasteiger partial charge in [0.15, 0.2) is 11.3 Å². The Morgan fingerprint density at radius 1 is 1.08 bits per heavy atom. The number of hydrogen-bond donors (Lipinski definition) is 0. The minimum atomic E-state index is -3.56. The number of amides is 1. The van der Waals surface area contributed by atoms with Gasteiger partial charge >= 0.3 is 0 Å². The largest absolute Gasteiger partial charge is 0.378 e. The molecule has 2 aromatic rings. The van der Waals surface area contributed by atoms with Gasteiger partial charge in [-0.1, -0.05) is 5.16 Å². The molecule has 9 heteroatoms. The van der Waals surface area contributed by atoms with Crippen molar-refractivity contribution < 1.29 is 22.5 Å². The summed E-state index contributed by atoms with van der Waals surface area (Å²) in [4.78, 5) is 14.5. The highest BCUT2D eigenvalue weighted by atomic mass is 32.2. The monoisotopic (exact) mass is 365 g/mol. The highest BCUT2D eigenvalue weighted by Crippen LogP contribution is 2.27. The Balaban J connectivity index is 1.71. The maximum Gasteiger partial charge on any atom is 0.276 e. The van der Waals surface area contributed by atoms with Crippen LogP contribution < -0.4 is 0 Å². The number of fused-ring (bicyclic) bond motifs is 1. The first-order valence-corrected chi connectivity index (χ1v) is 9.78. The number of nitrogens with zero attached hydrogens (tertiary/aromatic N) is 3. The summed E-state index contributed by atoms with van der Waals surface area (Å²) in [7, 11) is -3.56. The number of carbonyl (C=O) groups is 1. The second kappa shape index (κ2) is 6.40. The van der Waals surface area contributed by atoms with Crippen LogP contribution in [-0.2, 0) is 14.8 Å². The van der Waals surface area contributed by atoms with Crippen molar-refractivity contribution in [2.24, 2.45) is 0 Å². The van der Waals surface area contributed by atoms with Crippen LogP contribution in [0.15, 0.2) is 27.6 Å². The molecule has 2 aliphatic heterocycles. The van der Waals surface area contributed by atoms with E-state index in [4.69, 9.17) is 9.26 Å².